The first-order valence-corrected chi connectivity index (χ1v) is 7.63. The van der Waals surface area contributed by atoms with Crippen LogP contribution in [0.2, 0.25) is 0 Å². The Morgan fingerprint density at radius 3 is 2.19 bits per heavy atom. The topological polar surface area (TPSA) is 119 Å². The van der Waals surface area contributed by atoms with E-state index in [1.807, 2.05) is 0 Å². The van der Waals surface area contributed by atoms with Gasteiger partial charge in [-0.1, -0.05) is 19.1 Å². The number of esters is 2. The van der Waals surface area contributed by atoms with E-state index in [2.05, 4.69) is 14.8 Å². The van der Waals surface area contributed by atoms with Crippen LogP contribution in [0.4, 0.5) is 4.39 Å². The van der Waals surface area contributed by atoms with E-state index in [-0.39, 0.29) is 6.42 Å². The van der Waals surface area contributed by atoms with Crippen LogP contribution in [0.25, 0.3) is 0 Å². The lowest BCUT2D eigenvalue weighted by atomic mass is 9.87. The molecule has 0 aliphatic rings. The molecule has 0 heterocycles. The van der Waals surface area contributed by atoms with Crippen molar-refractivity contribution in [3.63, 3.8) is 0 Å². The summed E-state index contributed by atoms with van der Waals surface area (Å²) in [5.74, 6) is -7.31. The number of rotatable bonds is 8. The maximum atomic E-state index is 13.2. The average Bonchev–Trinajstić information content (AvgIpc) is 2.58. The summed E-state index contributed by atoms with van der Waals surface area (Å²) in [4.78, 5) is 47.3. The number of amides is 1. The molecule has 1 rings (SSSR count). The number of carbonyl (C=O) groups is 4. The first-order chi connectivity index (χ1) is 12.2. The lowest BCUT2D eigenvalue weighted by Gasteiger charge is -2.26. The highest BCUT2D eigenvalue weighted by Gasteiger charge is 2.41. The molecule has 1 aromatic rings. The molecule has 0 unspecified atom stereocenters. The minimum absolute atomic E-state index is 0.268. The molecule has 8 nitrogen and oxygen atoms in total. The lowest BCUT2D eigenvalue weighted by molar-refractivity contribution is -0.163. The normalized spacial score (nSPS) is 12.8. The van der Waals surface area contributed by atoms with Crippen LogP contribution in [0.1, 0.15) is 12.5 Å². The first-order valence-electron chi connectivity index (χ1n) is 7.63. The smallest absolute Gasteiger partial charge is 0.326 e. The molecular weight excluding hydrogens is 349 g/mol. The molecule has 2 N–H and O–H groups in total. The van der Waals surface area contributed by atoms with Crippen LogP contribution in [0.15, 0.2) is 24.3 Å². The summed E-state index contributed by atoms with van der Waals surface area (Å²) in [6.45, 7) is 1.31. The third-order valence-electron chi connectivity index (χ3n) is 3.80. The van der Waals surface area contributed by atoms with Gasteiger partial charge in [0.25, 0.3) is 0 Å². The fraction of sp³-hybridized carbons (Fsp3) is 0.412. The van der Waals surface area contributed by atoms with Crippen LogP contribution in [0, 0.1) is 17.7 Å². The predicted octanol–water partition coefficient (Wildman–Crippen LogP) is 0.536. The number of carbonyl (C=O) groups excluding carboxylic acids is 3. The monoisotopic (exact) mass is 369 g/mol. The molecule has 2 atom stereocenters. The summed E-state index contributed by atoms with van der Waals surface area (Å²) in [6, 6.07) is 3.72. The lowest BCUT2D eigenvalue weighted by Crippen LogP contribution is -2.50. The average molecular weight is 369 g/mol. The number of carboxylic acid groups (broad SMARTS) is 1. The molecule has 0 aromatic heterocycles. The number of methoxy groups -OCH3 is 2. The molecule has 142 valence electrons. The van der Waals surface area contributed by atoms with E-state index in [4.69, 9.17) is 0 Å². The second-order valence-electron chi connectivity index (χ2n) is 5.57. The molecule has 0 saturated carbocycles. The van der Waals surface area contributed by atoms with Crippen molar-refractivity contribution < 1.29 is 38.1 Å². The molecule has 0 bridgehead atoms. The van der Waals surface area contributed by atoms with Crippen LogP contribution in [-0.2, 0) is 35.1 Å². The van der Waals surface area contributed by atoms with Gasteiger partial charge in [0.2, 0.25) is 5.91 Å². The standard InChI is InChI=1S/C17H20FNO7/c1-9(13(16(23)25-2)17(24)26-3)14(15(21)22)19-12(20)8-10-5-4-6-11(18)7-10/h4-7,9,13-14H,8H2,1-3H3,(H,19,20)(H,21,22)/t9-,14+/m1/s1. The van der Waals surface area contributed by atoms with Gasteiger partial charge in [-0.3, -0.25) is 14.4 Å². The van der Waals surface area contributed by atoms with Crippen molar-refractivity contribution in [1.29, 1.82) is 0 Å². The molecule has 0 aliphatic carbocycles. The summed E-state index contributed by atoms with van der Waals surface area (Å²) < 4.78 is 22.2. The van der Waals surface area contributed by atoms with Crippen molar-refractivity contribution in [1.82, 2.24) is 5.32 Å². The largest absolute Gasteiger partial charge is 0.480 e. The summed E-state index contributed by atoms with van der Waals surface area (Å²) in [5.41, 5.74) is 0.344. The van der Waals surface area contributed by atoms with E-state index in [1.165, 1.54) is 25.1 Å². The van der Waals surface area contributed by atoms with E-state index < -0.39 is 47.5 Å². The zero-order chi connectivity index (χ0) is 19.9. The Morgan fingerprint density at radius 1 is 1.15 bits per heavy atom. The Labute approximate surface area is 149 Å². The van der Waals surface area contributed by atoms with Gasteiger partial charge in [0.1, 0.15) is 11.9 Å². The maximum absolute atomic E-state index is 13.2. The van der Waals surface area contributed by atoms with Crippen molar-refractivity contribution in [2.24, 2.45) is 11.8 Å². The van der Waals surface area contributed by atoms with E-state index in [1.54, 1.807) is 0 Å². The van der Waals surface area contributed by atoms with Gasteiger partial charge in [0.15, 0.2) is 5.92 Å². The van der Waals surface area contributed by atoms with E-state index in [0.29, 0.717) is 5.56 Å². The fourth-order valence-electron chi connectivity index (χ4n) is 2.45. The van der Waals surface area contributed by atoms with Crippen LogP contribution < -0.4 is 5.32 Å². The molecule has 0 fully saturated rings. The third-order valence-corrected chi connectivity index (χ3v) is 3.80. The minimum atomic E-state index is -1.56. The number of halogens is 1. The van der Waals surface area contributed by atoms with Crippen molar-refractivity contribution in [3.8, 4) is 0 Å². The highest BCUT2D eigenvalue weighted by Crippen LogP contribution is 2.20. The summed E-state index contributed by atoms with van der Waals surface area (Å²) in [7, 11) is 2.09. The Kier molecular flexibility index (Phi) is 7.70. The van der Waals surface area contributed by atoms with Gasteiger partial charge in [-0.05, 0) is 17.7 Å². The van der Waals surface area contributed by atoms with E-state index in [0.717, 1.165) is 20.3 Å². The van der Waals surface area contributed by atoms with Crippen LogP contribution in [0.5, 0.6) is 0 Å². The Balaban J connectivity index is 2.95. The number of hydrogen-bond donors (Lipinski definition) is 2. The summed E-state index contributed by atoms with van der Waals surface area (Å²) in [6.07, 6.45) is -0.268. The predicted molar refractivity (Wildman–Crippen MR) is 86.4 cm³/mol. The van der Waals surface area contributed by atoms with Gasteiger partial charge >= 0.3 is 17.9 Å². The fourth-order valence-corrected chi connectivity index (χ4v) is 2.45. The number of ether oxygens (including phenoxy) is 2. The summed E-state index contributed by atoms with van der Waals surface area (Å²) >= 11 is 0. The van der Waals surface area contributed by atoms with Gasteiger partial charge in [0, 0.05) is 5.92 Å². The molecule has 0 spiro atoms. The van der Waals surface area contributed by atoms with Crippen molar-refractivity contribution >= 4 is 23.8 Å². The number of benzene rings is 1. The zero-order valence-electron chi connectivity index (χ0n) is 14.5. The zero-order valence-corrected chi connectivity index (χ0v) is 14.5. The number of aliphatic carboxylic acids is 1. The molecule has 9 heteroatoms. The van der Waals surface area contributed by atoms with Crippen LogP contribution in [0.3, 0.4) is 0 Å². The van der Waals surface area contributed by atoms with Crippen molar-refractivity contribution in [2.45, 2.75) is 19.4 Å². The first kappa shape index (κ1) is 21.1. The highest BCUT2D eigenvalue weighted by molar-refractivity contribution is 5.96. The quantitative estimate of drug-likeness (QED) is 0.507. The second kappa shape index (κ2) is 9.50. The van der Waals surface area contributed by atoms with Gasteiger partial charge in [0.05, 0.1) is 20.6 Å². The molecule has 0 aliphatic heterocycles. The number of carboxylic acids is 1. The molecular formula is C17H20FNO7. The third kappa shape index (κ3) is 5.54. The molecule has 0 saturated heterocycles. The van der Waals surface area contributed by atoms with E-state index >= 15 is 0 Å². The van der Waals surface area contributed by atoms with Crippen LogP contribution in [-0.4, -0.2) is 49.2 Å². The van der Waals surface area contributed by atoms with Gasteiger partial charge in [-0.25, -0.2) is 9.18 Å². The molecule has 0 radical (unpaired) electrons. The van der Waals surface area contributed by atoms with E-state index in [9.17, 15) is 28.7 Å². The molecule has 1 amide bonds. The second-order valence-corrected chi connectivity index (χ2v) is 5.57. The minimum Gasteiger partial charge on any atom is -0.480 e. The van der Waals surface area contributed by atoms with Gasteiger partial charge in [-0.15, -0.1) is 0 Å². The van der Waals surface area contributed by atoms with Gasteiger partial charge in [-0.2, -0.15) is 0 Å². The number of nitrogens with one attached hydrogen (secondary N) is 1. The van der Waals surface area contributed by atoms with Crippen molar-refractivity contribution in [2.75, 3.05) is 14.2 Å². The molecule has 1 aromatic carbocycles. The molecule has 26 heavy (non-hydrogen) atoms. The van der Waals surface area contributed by atoms with Gasteiger partial charge < -0.3 is 19.9 Å². The highest BCUT2D eigenvalue weighted by atomic mass is 19.1. The van der Waals surface area contributed by atoms with Crippen molar-refractivity contribution in [3.05, 3.63) is 35.6 Å². The SMILES string of the molecule is COC(=O)C(C(=O)OC)[C@@H](C)[C@H](NC(=O)Cc1cccc(F)c1)C(=O)O. The number of hydrogen-bond acceptors (Lipinski definition) is 6. The Bertz CT molecular complexity index is 675. The Morgan fingerprint density at radius 2 is 1.73 bits per heavy atom. The van der Waals surface area contributed by atoms with Crippen LogP contribution >= 0.6 is 0 Å². The Hall–Kier alpha value is -2.97. The summed E-state index contributed by atoms with van der Waals surface area (Å²) in [5, 5.41) is 11.6. The maximum Gasteiger partial charge on any atom is 0.326 e.